The summed E-state index contributed by atoms with van der Waals surface area (Å²) in [5, 5.41) is 7.57. The first-order valence-corrected chi connectivity index (χ1v) is 11.3. The Balaban J connectivity index is 1.79. The number of sulfonamides is 1. The van der Waals surface area contributed by atoms with E-state index in [9.17, 15) is 21.2 Å². The molecule has 0 aliphatic rings. The van der Waals surface area contributed by atoms with Crippen molar-refractivity contribution in [3.8, 4) is 11.3 Å². The molecule has 2 aromatic carbocycles. The van der Waals surface area contributed by atoms with Gasteiger partial charge in [-0.3, -0.25) is 4.72 Å². The van der Waals surface area contributed by atoms with Crippen LogP contribution in [0.25, 0.3) is 11.3 Å². The highest BCUT2D eigenvalue weighted by molar-refractivity contribution is 7.92. The zero-order valence-corrected chi connectivity index (χ0v) is 16.3. The van der Waals surface area contributed by atoms with Crippen molar-refractivity contribution in [2.24, 2.45) is 0 Å². The fourth-order valence-corrected chi connectivity index (χ4v) is 4.12. The Bertz CT molecular complexity index is 1180. The Hall–Kier alpha value is -2.85. The lowest BCUT2D eigenvalue weighted by Crippen LogP contribution is -2.12. The highest BCUT2D eigenvalue weighted by atomic mass is 32.2. The summed E-state index contributed by atoms with van der Waals surface area (Å²) in [5.41, 5.74) is 1.40. The van der Waals surface area contributed by atoms with Crippen LogP contribution in [0.5, 0.6) is 0 Å². The summed E-state index contributed by atoms with van der Waals surface area (Å²) >= 11 is 0. The fourth-order valence-electron chi connectivity index (χ4n) is 2.32. The predicted molar refractivity (Wildman–Crippen MR) is 102 cm³/mol. The van der Waals surface area contributed by atoms with Gasteiger partial charge in [-0.05, 0) is 48.5 Å². The first kappa shape index (κ1) is 19.9. The van der Waals surface area contributed by atoms with Crippen LogP contribution >= 0.6 is 0 Å². The van der Waals surface area contributed by atoms with Crippen LogP contribution in [0.4, 0.5) is 10.1 Å². The van der Waals surface area contributed by atoms with E-state index < -0.39 is 25.7 Å². The molecule has 10 heteroatoms. The molecule has 0 aliphatic heterocycles. The molecule has 3 rings (SSSR count). The number of benzene rings is 2. The van der Waals surface area contributed by atoms with Gasteiger partial charge in [0.2, 0.25) is 0 Å². The molecule has 0 unspecified atom stereocenters. The van der Waals surface area contributed by atoms with Crippen molar-refractivity contribution in [3.63, 3.8) is 0 Å². The summed E-state index contributed by atoms with van der Waals surface area (Å²) in [6.07, 6.45) is 0. The number of nitrogens with one attached hydrogen (secondary N) is 1. The zero-order chi connectivity index (χ0) is 20.4. The Morgan fingerprint density at radius 3 is 2.04 bits per heavy atom. The molecule has 1 N–H and O–H groups in total. The third-order valence-corrected chi connectivity index (χ3v) is 6.91. The molecule has 0 saturated carbocycles. The molecule has 1 heterocycles. The standard InChI is InChI=1S/C18H16FN3O4S2/c1-2-27(23,24)18-12-11-17(20-21-18)13-3-7-15(8-4-13)22-28(25,26)16-9-5-14(19)6-10-16/h3-12,22H,2H2,1H3. The number of nitrogens with zero attached hydrogens (tertiary/aromatic N) is 2. The summed E-state index contributed by atoms with van der Waals surface area (Å²) in [4.78, 5) is -0.0587. The van der Waals surface area contributed by atoms with E-state index in [2.05, 4.69) is 14.9 Å². The quantitative estimate of drug-likeness (QED) is 0.656. The number of hydrogen-bond acceptors (Lipinski definition) is 6. The van der Waals surface area contributed by atoms with Crippen LogP contribution in [0, 0.1) is 5.82 Å². The van der Waals surface area contributed by atoms with Crippen LogP contribution in [0.1, 0.15) is 6.92 Å². The average Bonchev–Trinajstić information content (AvgIpc) is 2.69. The molecule has 3 aromatic rings. The summed E-state index contributed by atoms with van der Waals surface area (Å²) in [7, 11) is -7.27. The molecule has 0 radical (unpaired) electrons. The number of hydrogen-bond donors (Lipinski definition) is 1. The Labute approximate surface area is 162 Å². The number of rotatable bonds is 6. The molecule has 7 nitrogen and oxygen atoms in total. The van der Waals surface area contributed by atoms with Crippen LogP contribution in [0.2, 0.25) is 0 Å². The normalized spacial score (nSPS) is 11.9. The molecular weight excluding hydrogens is 405 g/mol. The second-order valence-corrected chi connectivity index (χ2v) is 9.70. The van der Waals surface area contributed by atoms with Gasteiger partial charge in [-0.15, -0.1) is 10.2 Å². The molecule has 0 amide bonds. The van der Waals surface area contributed by atoms with Gasteiger partial charge in [0.05, 0.1) is 16.3 Å². The van der Waals surface area contributed by atoms with E-state index in [4.69, 9.17) is 0 Å². The monoisotopic (exact) mass is 421 g/mol. The SMILES string of the molecule is CCS(=O)(=O)c1ccc(-c2ccc(NS(=O)(=O)c3ccc(F)cc3)cc2)nn1. The van der Waals surface area contributed by atoms with E-state index in [1.807, 2.05) is 0 Å². The van der Waals surface area contributed by atoms with E-state index in [0.717, 1.165) is 12.1 Å². The minimum Gasteiger partial charge on any atom is -0.280 e. The van der Waals surface area contributed by atoms with Gasteiger partial charge in [0, 0.05) is 11.3 Å². The second kappa shape index (κ2) is 7.64. The predicted octanol–water partition coefficient (Wildman–Crippen LogP) is 2.88. The summed E-state index contributed by atoms with van der Waals surface area (Å²) < 4.78 is 63.5. The summed E-state index contributed by atoms with van der Waals surface area (Å²) in [5.74, 6) is -0.591. The Kier molecular flexibility index (Phi) is 5.43. The van der Waals surface area contributed by atoms with Gasteiger partial charge >= 0.3 is 0 Å². The fraction of sp³-hybridized carbons (Fsp3) is 0.111. The third-order valence-electron chi connectivity index (χ3n) is 3.90. The van der Waals surface area contributed by atoms with Gasteiger partial charge in [-0.2, -0.15) is 0 Å². The lowest BCUT2D eigenvalue weighted by atomic mass is 10.1. The highest BCUT2D eigenvalue weighted by Gasteiger charge is 2.15. The smallest absolute Gasteiger partial charge is 0.261 e. The third kappa shape index (κ3) is 4.34. The maximum absolute atomic E-state index is 13.0. The van der Waals surface area contributed by atoms with Crippen LogP contribution in [0.3, 0.4) is 0 Å². The van der Waals surface area contributed by atoms with Crippen LogP contribution in [0.15, 0.2) is 70.6 Å². The molecule has 0 atom stereocenters. The van der Waals surface area contributed by atoms with Crippen LogP contribution < -0.4 is 4.72 Å². The summed E-state index contributed by atoms with van der Waals surface area (Å²) in [6, 6.07) is 13.7. The number of aromatic nitrogens is 2. The molecule has 0 saturated heterocycles. The van der Waals surface area contributed by atoms with E-state index in [0.29, 0.717) is 16.9 Å². The minimum absolute atomic E-state index is 0.0587. The first-order chi connectivity index (χ1) is 13.2. The zero-order valence-electron chi connectivity index (χ0n) is 14.7. The molecule has 1 aromatic heterocycles. The molecule has 28 heavy (non-hydrogen) atoms. The van der Waals surface area contributed by atoms with Crippen molar-refractivity contribution >= 4 is 25.5 Å². The molecule has 0 fully saturated rings. The van der Waals surface area contributed by atoms with E-state index >= 15 is 0 Å². The molecular formula is C18H16FN3O4S2. The largest absolute Gasteiger partial charge is 0.280 e. The molecule has 146 valence electrons. The van der Waals surface area contributed by atoms with Gasteiger partial charge in [0.15, 0.2) is 14.9 Å². The second-order valence-electron chi connectivity index (χ2n) is 5.80. The average molecular weight is 421 g/mol. The van der Waals surface area contributed by atoms with Crippen molar-refractivity contribution in [2.45, 2.75) is 16.8 Å². The van der Waals surface area contributed by atoms with Crippen molar-refractivity contribution in [3.05, 3.63) is 66.5 Å². The lowest BCUT2D eigenvalue weighted by molar-refractivity contribution is 0.591. The number of anilines is 1. The molecule has 0 aliphatic carbocycles. The summed E-state index contributed by atoms with van der Waals surface area (Å²) in [6.45, 7) is 1.52. The Morgan fingerprint density at radius 1 is 0.857 bits per heavy atom. The van der Waals surface area contributed by atoms with E-state index in [1.165, 1.54) is 43.3 Å². The van der Waals surface area contributed by atoms with Crippen molar-refractivity contribution < 1.29 is 21.2 Å². The van der Waals surface area contributed by atoms with Gasteiger partial charge in [-0.25, -0.2) is 21.2 Å². The number of halogens is 1. The van der Waals surface area contributed by atoms with Gasteiger partial charge in [-0.1, -0.05) is 19.1 Å². The Morgan fingerprint density at radius 2 is 1.50 bits per heavy atom. The van der Waals surface area contributed by atoms with E-state index in [-0.39, 0.29) is 15.7 Å². The molecule has 0 bridgehead atoms. The minimum atomic E-state index is -3.84. The van der Waals surface area contributed by atoms with Crippen LogP contribution in [-0.4, -0.2) is 32.8 Å². The van der Waals surface area contributed by atoms with Gasteiger partial charge in [0.1, 0.15) is 5.82 Å². The van der Waals surface area contributed by atoms with Gasteiger partial charge < -0.3 is 0 Å². The first-order valence-electron chi connectivity index (χ1n) is 8.16. The van der Waals surface area contributed by atoms with Gasteiger partial charge in [0.25, 0.3) is 10.0 Å². The maximum Gasteiger partial charge on any atom is 0.261 e. The molecule has 0 spiro atoms. The topological polar surface area (TPSA) is 106 Å². The van der Waals surface area contributed by atoms with E-state index in [1.54, 1.807) is 12.1 Å². The van der Waals surface area contributed by atoms with Crippen molar-refractivity contribution in [1.29, 1.82) is 0 Å². The lowest BCUT2D eigenvalue weighted by Gasteiger charge is -2.09. The maximum atomic E-state index is 13.0. The van der Waals surface area contributed by atoms with Crippen LogP contribution in [-0.2, 0) is 19.9 Å². The van der Waals surface area contributed by atoms with Crippen molar-refractivity contribution in [2.75, 3.05) is 10.5 Å². The highest BCUT2D eigenvalue weighted by Crippen LogP contribution is 2.22. The van der Waals surface area contributed by atoms with Crippen molar-refractivity contribution in [1.82, 2.24) is 10.2 Å². The number of sulfone groups is 1.